The highest BCUT2D eigenvalue weighted by Gasteiger charge is 2.10. The fourth-order valence-corrected chi connectivity index (χ4v) is 3.28. The Morgan fingerprint density at radius 3 is 2.75 bits per heavy atom. The van der Waals surface area contributed by atoms with Crippen molar-refractivity contribution in [2.45, 2.75) is 13.5 Å². The van der Waals surface area contributed by atoms with Crippen molar-refractivity contribution in [1.29, 1.82) is 0 Å². The quantitative estimate of drug-likeness (QED) is 0.754. The molecule has 0 aliphatic rings. The van der Waals surface area contributed by atoms with Gasteiger partial charge in [-0.3, -0.25) is 0 Å². The number of aryl methyl sites for hydroxylation is 1. The average molecular weight is 350 g/mol. The zero-order chi connectivity index (χ0) is 13.9. The highest BCUT2D eigenvalue weighted by molar-refractivity contribution is 9.11. The Morgan fingerprint density at radius 1 is 1.20 bits per heavy atom. The van der Waals surface area contributed by atoms with Gasteiger partial charge in [0.25, 0.3) is 0 Å². The molecule has 0 fully saturated rings. The van der Waals surface area contributed by atoms with Gasteiger partial charge in [-0.05, 0) is 40.2 Å². The molecular weight excluding hydrogens is 338 g/mol. The molecule has 1 aromatic carbocycles. The summed E-state index contributed by atoms with van der Waals surface area (Å²) in [6.07, 6.45) is 0. The van der Waals surface area contributed by atoms with E-state index < -0.39 is 0 Å². The number of hydrogen-bond acceptors (Lipinski definition) is 5. The van der Waals surface area contributed by atoms with Crippen molar-refractivity contribution in [2.24, 2.45) is 0 Å². The average Bonchev–Trinajstić information content (AvgIpc) is 3.06. The highest BCUT2D eigenvalue weighted by Crippen LogP contribution is 2.28. The summed E-state index contributed by atoms with van der Waals surface area (Å²) >= 11 is 5.19. The fraction of sp³-hybridized carbons (Fsp3) is 0.143. The second kappa shape index (κ2) is 5.76. The summed E-state index contributed by atoms with van der Waals surface area (Å²) in [5.74, 6) is 1.11. The monoisotopic (exact) mass is 349 g/mol. The van der Waals surface area contributed by atoms with Crippen molar-refractivity contribution in [2.75, 3.05) is 5.32 Å². The van der Waals surface area contributed by atoms with Gasteiger partial charge in [-0.25, -0.2) is 0 Å². The molecule has 0 unspecified atom stereocenters. The van der Waals surface area contributed by atoms with Crippen LogP contribution in [-0.4, -0.2) is 10.2 Å². The standard InChI is InChI=1S/C14H12BrN3OS/c1-9-17-18-14(19-9)11-4-2-3-5-12(11)16-8-10-6-7-13(15)20-10/h2-7,16H,8H2,1H3. The molecule has 0 saturated carbocycles. The van der Waals surface area contributed by atoms with Crippen LogP contribution in [0.2, 0.25) is 0 Å². The minimum absolute atomic E-state index is 0.540. The molecule has 4 nitrogen and oxygen atoms in total. The van der Waals surface area contributed by atoms with Gasteiger partial charge >= 0.3 is 0 Å². The van der Waals surface area contributed by atoms with E-state index in [1.807, 2.05) is 24.3 Å². The molecule has 0 bridgehead atoms. The Labute approximate surface area is 129 Å². The topological polar surface area (TPSA) is 51.0 Å². The third-order valence-corrected chi connectivity index (χ3v) is 4.39. The number of nitrogens with zero attached hydrogens (tertiary/aromatic N) is 2. The largest absolute Gasteiger partial charge is 0.421 e. The number of para-hydroxylation sites is 1. The molecule has 0 saturated heterocycles. The van der Waals surface area contributed by atoms with Gasteiger partial charge < -0.3 is 9.73 Å². The van der Waals surface area contributed by atoms with E-state index in [1.54, 1.807) is 18.3 Å². The molecule has 20 heavy (non-hydrogen) atoms. The second-order valence-corrected chi connectivity index (χ2v) is 6.78. The van der Waals surface area contributed by atoms with Crippen molar-refractivity contribution < 1.29 is 4.42 Å². The van der Waals surface area contributed by atoms with Gasteiger partial charge in [0.15, 0.2) is 0 Å². The Kier molecular flexibility index (Phi) is 3.84. The molecule has 102 valence electrons. The number of anilines is 1. The van der Waals surface area contributed by atoms with E-state index in [0.717, 1.165) is 21.6 Å². The van der Waals surface area contributed by atoms with Crippen LogP contribution < -0.4 is 5.32 Å². The van der Waals surface area contributed by atoms with Crippen molar-refractivity contribution in [3.8, 4) is 11.5 Å². The van der Waals surface area contributed by atoms with E-state index >= 15 is 0 Å². The first kappa shape index (κ1) is 13.3. The number of hydrogen-bond donors (Lipinski definition) is 1. The Morgan fingerprint density at radius 2 is 2.05 bits per heavy atom. The number of nitrogens with one attached hydrogen (secondary N) is 1. The van der Waals surface area contributed by atoms with E-state index in [9.17, 15) is 0 Å². The molecule has 0 amide bonds. The zero-order valence-electron chi connectivity index (χ0n) is 10.8. The van der Waals surface area contributed by atoms with Crippen molar-refractivity contribution in [1.82, 2.24) is 10.2 Å². The third kappa shape index (κ3) is 2.91. The van der Waals surface area contributed by atoms with Crippen LogP contribution in [-0.2, 0) is 6.54 Å². The van der Waals surface area contributed by atoms with E-state index in [4.69, 9.17) is 4.42 Å². The van der Waals surface area contributed by atoms with Gasteiger partial charge in [0.05, 0.1) is 9.35 Å². The van der Waals surface area contributed by atoms with Crippen LogP contribution in [0.4, 0.5) is 5.69 Å². The molecule has 3 aromatic rings. The third-order valence-electron chi connectivity index (χ3n) is 2.77. The Bertz CT molecular complexity index is 723. The Hall–Kier alpha value is -1.66. The lowest BCUT2D eigenvalue weighted by molar-refractivity contribution is 0.533. The van der Waals surface area contributed by atoms with Crippen molar-refractivity contribution in [3.63, 3.8) is 0 Å². The van der Waals surface area contributed by atoms with Crippen LogP contribution in [0.3, 0.4) is 0 Å². The van der Waals surface area contributed by atoms with Gasteiger partial charge in [-0.2, -0.15) is 0 Å². The van der Waals surface area contributed by atoms with E-state index in [0.29, 0.717) is 11.8 Å². The summed E-state index contributed by atoms with van der Waals surface area (Å²) in [6.45, 7) is 2.55. The summed E-state index contributed by atoms with van der Waals surface area (Å²) in [7, 11) is 0. The molecule has 0 aliphatic carbocycles. The SMILES string of the molecule is Cc1nnc(-c2ccccc2NCc2ccc(Br)s2)o1. The second-order valence-electron chi connectivity index (χ2n) is 4.23. The molecule has 0 aliphatic heterocycles. The van der Waals surface area contributed by atoms with Crippen LogP contribution in [0.15, 0.2) is 44.6 Å². The molecular formula is C14H12BrN3OS. The van der Waals surface area contributed by atoms with Crippen molar-refractivity contribution in [3.05, 3.63) is 51.0 Å². The number of aromatic nitrogens is 2. The first-order valence-corrected chi connectivity index (χ1v) is 7.71. The summed E-state index contributed by atoms with van der Waals surface area (Å²) in [6, 6.07) is 12.1. The normalized spacial score (nSPS) is 10.7. The van der Waals surface area contributed by atoms with Crippen LogP contribution >= 0.6 is 27.3 Å². The summed E-state index contributed by atoms with van der Waals surface area (Å²) < 4.78 is 6.63. The summed E-state index contributed by atoms with van der Waals surface area (Å²) in [5.41, 5.74) is 1.91. The number of halogens is 1. The van der Waals surface area contributed by atoms with E-state index in [2.05, 4.69) is 43.6 Å². The molecule has 3 rings (SSSR count). The summed E-state index contributed by atoms with van der Waals surface area (Å²) in [4.78, 5) is 1.26. The molecule has 2 aromatic heterocycles. The maximum absolute atomic E-state index is 5.50. The number of rotatable bonds is 4. The van der Waals surface area contributed by atoms with Gasteiger partial charge in [0, 0.05) is 24.0 Å². The van der Waals surface area contributed by atoms with Gasteiger partial charge in [-0.1, -0.05) is 12.1 Å². The fourth-order valence-electron chi connectivity index (χ4n) is 1.86. The number of benzene rings is 1. The molecule has 1 N–H and O–H groups in total. The number of thiophene rings is 1. The maximum atomic E-state index is 5.50. The molecule has 0 spiro atoms. The Balaban J connectivity index is 1.83. The minimum atomic E-state index is 0.540. The lowest BCUT2D eigenvalue weighted by atomic mass is 10.2. The molecule has 6 heteroatoms. The van der Waals surface area contributed by atoms with Gasteiger partial charge in [0.1, 0.15) is 0 Å². The predicted octanol–water partition coefficient (Wildman–Crippen LogP) is 4.48. The first-order chi connectivity index (χ1) is 9.72. The lowest BCUT2D eigenvalue weighted by Crippen LogP contribution is -1.99. The maximum Gasteiger partial charge on any atom is 0.249 e. The van der Waals surface area contributed by atoms with E-state index in [1.165, 1.54) is 4.88 Å². The van der Waals surface area contributed by atoms with E-state index in [-0.39, 0.29) is 0 Å². The van der Waals surface area contributed by atoms with Crippen LogP contribution in [0.1, 0.15) is 10.8 Å². The van der Waals surface area contributed by atoms with Crippen LogP contribution in [0, 0.1) is 6.92 Å². The van der Waals surface area contributed by atoms with Gasteiger partial charge in [-0.15, -0.1) is 21.5 Å². The zero-order valence-corrected chi connectivity index (χ0v) is 13.2. The molecule has 2 heterocycles. The minimum Gasteiger partial charge on any atom is -0.421 e. The summed E-state index contributed by atoms with van der Waals surface area (Å²) in [5, 5.41) is 11.4. The van der Waals surface area contributed by atoms with Gasteiger partial charge in [0.2, 0.25) is 11.8 Å². The molecule has 0 atom stereocenters. The lowest BCUT2D eigenvalue weighted by Gasteiger charge is -2.08. The van der Waals surface area contributed by atoms with Crippen LogP contribution in [0.5, 0.6) is 0 Å². The smallest absolute Gasteiger partial charge is 0.249 e. The predicted molar refractivity (Wildman–Crippen MR) is 83.8 cm³/mol. The van der Waals surface area contributed by atoms with Crippen molar-refractivity contribution >= 4 is 33.0 Å². The molecule has 0 radical (unpaired) electrons. The van der Waals surface area contributed by atoms with Crippen LogP contribution in [0.25, 0.3) is 11.5 Å². The highest BCUT2D eigenvalue weighted by atomic mass is 79.9. The first-order valence-electron chi connectivity index (χ1n) is 6.10.